The van der Waals surface area contributed by atoms with Gasteiger partial charge in [-0.1, -0.05) is 18.2 Å². The summed E-state index contributed by atoms with van der Waals surface area (Å²) in [6.45, 7) is 8.03. The highest BCUT2D eigenvalue weighted by molar-refractivity contribution is 6.04. The van der Waals surface area contributed by atoms with Crippen molar-refractivity contribution in [1.29, 1.82) is 0 Å². The van der Waals surface area contributed by atoms with Gasteiger partial charge in [-0.05, 0) is 45.0 Å². The molecule has 0 amide bonds. The molecule has 158 valence electrons. The summed E-state index contributed by atoms with van der Waals surface area (Å²) in [5, 5.41) is 9.55. The zero-order valence-corrected chi connectivity index (χ0v) is 17.4. The van der Waals surface area contributed by atoms with Gasteiger partial charge in [-0.2, -0.15) is 0 Å². The SMILES string of the molecule is CC(N1CCN(C2=Nc3ccccc3Oc3cccc(F)c32)CC1)C(C)(C)C(=O)O. The molecule has 7 heteroatoms. The molecule has 0 bridgehead atoms. The number of para-hydroxylation sites is 2. The van der Waals surface area contributed by atoms with Crippen molar-refractivity contribution < 1.29 is 19.0 Å². The number of hydrogen-bond donors (Lipinski definition) is 1. The van der Waals surface area contributed by atoms with E-state index < -0.39 is 11.4 Å². The first-order valence-corrected chi connectivity index (χ1v) is 10.2. The Morgan fingerprint density at radius 3 is 2.47 bits per heavy atom. The number of carboxylic acids is 1. The van der Waals surface area contributed by atoms with Crippen LogP contribution in [0.2, 0.25) is 0 Å². The molecule has 2 aliphatic heterocycles. The van der Waals surface area contributed by atoms with E-state index in [1.54, 1.807) is 26.0 Å². The average molecular weight is 411 g/mol. The third kappa shape index (κ3) is 3.54. The van der Waals surface area contributed by atoms with Gasteiger partial charge in [0.2, 0.25) is 0 Å². The molecule has 1 N–H and O–H groups in total. The fourth-order valence-electron chi connectivity index (χ4n) is 3.92. The van der Waals surface area contributed by atoms with Crippen LogP contribution >= 0.6 is 0 Å². The second-order valence-electron chi connectivity index (χ2n) is 8.34. The number of fused-ring (bicyclic) bond motifs is 2. The summed E-state index contributed by atoms with van der Waals surface area (Å²) in [5.41, 5.74) is 0.167. The van der Waals surface area contributed by atoms with Crippen molar-refractivity contribution in [1.82, 2.24) is 9.80 Å². The fourth-order valence-corrected chi connectivity index (χ4v) is 3.92. The molecule has 2 aromatic carbocycles. The molecule has 0 aliphatic carbocycles. The predicted molar refractivity (Wildman–Crippen MR) is 113 cm³/mol. The van der Waals surface area contributed by atoms with Gasteiger partial charge in [0.15, 0.2) is 5.75 Å². The molecule has 0 radical (unpaired) electrons. The first-order valence-electron chi connectivity index (χ1n) is 10.2. The third-order valence-electron chi connectivity index (χ3n) is 6.27. The van der Waals surface area contributed by atoms with Gasteiger partial charge in [0.1, 0.15) is 23.1 Å². The third-order valence-corrected chi connectivity index (χ3v) is 6.27. The van der Waals surface area contributed by atoms with E-state index in [-0.39, 0.29) is 11.9 Å². The molecule has 6 nitrogen and oxygen atoms in total. The Hall–Kier alpha value is -2.93. The van der Waals surface area contributed by atoms with E-state index in [1.165, 1.54) is 6.07 Å². The van der Waals surface area contributed by atoms with Gasteiger partial charge >= 0.3 is 5.97 Å². The molecule has 4 rings (SSSR count). The van der Waals surface area contributed by atoms with Crippen molar-refractivity contribution >= 4 is 17.5 Å². The Morgan fingerprint density at radius 2 is 1.77 bits per heavy atom. The molecule has 0 spiro atoms. The maximum Gasteiger partial charge on any atom is 0.310 e. The molecule has 2 aliphatic rings. The highest BCUT2D eigenvalue weighted by Gasteiger charge is 2.39. The smallest absolute Gasteiger partial charge is 0.310 e. The molecule has 1 unspecified atom stereocenters. The molecule has 0 aromatic heterocycles. The number of rotatable bonds is 3. The lowest BCUT2D eigenvalue weighted by Crippen LogP contribution is -2.56. The minimum absolute atomic E-state index is 0.124. The normalized spacial score (nSPS) is 17.9. The van der Waals surface area contributed by atoms with Gasteiger partial charge in [0.05, 0.1) is 11.0 Å². The number of benzene rings is 2. The van der Waals surface area contributed by atoms with Gasteiger partial charge < -0.3 is 14.7 Å². The van der Waals surface area contributed by atoms with Crippen LogP contribution in [0.1, 0.15) is 26.3 Å². The van der Waals surface area contributed by atoms with Gasteiger partial charge in [-0.15, -0.1) is 0 Å². The number of halogens is 1. The first-order chi connectivity index (χ1) is 14.3. The predicted octanol–water partition coefficient (Wildman–Crippen LogP) is 4.13. The topological polar surface area (TPSA) is 65.4 Å². The minimum atomic E-state index is -0.854. The molecule has 1 fully saturated rings. The van der Waals surface area contributed by atoms with E-state index in [0.29, 0.717) is 54.8 Å². The van der Waals surface area contributed by atoms with Crippen LogP contribution < -0.4 is 4.74 Å². The highest BCUT2D eigenvalue weighted by Crippen LogP contribution is 2.39. The number of nitrogens with zero attached hydrogens (tertiary/aromatic N) is 3. The molecule has 1 saturated heterocycles. The maximum atomic E-state index is 14.9. The molecular formula is C23H26FN3O3. The number of aliphatic imine (C=N–C) groups is 1. The molecule has 30 heavy (non-hydrogen) atoms. The van der Waals surface area contributed by atoms with Crippen LogP contribution in [-0.4, -0.2) is 58.9 Å². The summed E-state index contributed by atoms with van der Waals surface area (Å²) in [5.74, 6) is 0.409. The van der Waals surface area contributed by atoms with E-state index in [4.69, 9.17) is 9.73 Å². The van der Waals surface area contributed by atoms with Crippen molar-refractivity contribution in [2.45, 2.75) is 26.8 Å². The monoisotopic (exact) mass is 411 g/mol. The van der Waals surface area contributed by atoms with Crippen molar-refractivity contribution in [2.24, 2.45) is 10.4 Å². The Bertz CT molecular complexity index is 997. The number of amidine groups is 1. The number of ether oxygens (including phenoxy) is 1. The second-order valence-corrected chi connectivity index (χ2v) is 8.34. The van der Waals surface area contributed by atoms with Crippen LogP contribution in [0.15, 0.2) is 47.5 Å². The average Bonchev–Trinajstić information content (AvgIpc) is 2.90. The zero-order chi connectivity index (χ0) is 21.5. The lowest BCUT2D eigenvalue weighted by atomic mass is 9.84. The molecule has 0 saturated carbocycles. The Morgan fingerprint density at radius 1 is 1.10 bits per heavy atom. The summed E-state index contributed by atoms with van der Waals surface area (Å²) in [6, 6.07) is 12.1. The fraction of sp³-hybridized carbons (Fsp3) is 0.391. The molecule has 2 aromatic rings. The summed E-state index contributed by atoms with van der Waals surface area (Å²) < 4.78 is 20.8. The van der Waals surface area contributed by atoms with Crippen LogP contribution in [0.25, 0.3) is 0 Å². The summed E-state index contributed by atoms with van der Waals surface area (Å²) in [6.07, 6.45) is 0. The number of hydrogen-bond acceptors (Lipinski definition) is 5. The Kier molecular flexibility index (Phi) is 5.24. The number of carbonyl (C=O) groups is 1. The molecule has 2 heterocycles. The summed E-state index contributed by atoms with van der Waals surface area (Å²) in [7, 11) is 0. The highest BCUT2D eigenvalue weighted by atomic mass is 19.1. The van der Waals surface area contributed by atoms with E-state index in [9.17, 15) is 14.3 Å². The molecular weight excluding hydrogens is 385 g/mol. The van der Waals surface area contributed by atoms with Gasteiger partial charge in [-0.25, -0.2) is 9.38 Å². The molecule has 1 atom stereocenters. The second kappa shape index (κ2) is 7.72. The quantitative estimate of drug-likeness (QED) is 0.823. The van der Waals surface area contributed by atoms with E-state index in [0.717, 1.165) is 0 Å². The lowest BCUT2D eigenvalue weighted by Gasteiger charge is -2.43. The van der Waals surface area contributed by atoms with E-state index >= 15 is 0 Å². The van der Waals surface area contributed by atoms with Crippen molar-refractivity contribution in [3.8, 4) is 11.5 Å². The van der Waals surface area contributed by atoms with E-state index in [2.05, 4.69) is 9.80 Å². The number of aliphatic carboxylic acids is 1. The summed E-state index contributed by atoms with van der Waals surface area (Å²) >= 11 is 0. The number of piperazine rings is 1. The van der Waals surface area contributed by atoms with Crippen molar-refractivity contribution in [3.63, 3.8) is 0 Å². The Labute approximate surface area is 175 Å². The van der Waals surface area contributed by atoms with Crippen LogP contribution in [-0.2, 0) is 4.79 Å². The van der Waals surface area contributed by atoms with Gasteiger partial charge in [0.25, 0.3) is 0 Å². The van der Waals surface area contributed by atoms with Gasteiger partial charge in [-0.3, -0.25) is 9.69 Å². The maximum absolute atomic E-state index is 14.9. The summed E-state index contributed by atoms with van der Waals surface area (Å²) in [4.78, 5) is 20.6. The first kappa shape index (κ1) is 20.3. The van der Waals surface area contributed by atoms with E-state index in [1.807, 2.05) is 31.2 Å². The largest absolute Gasteiger partial charge is 0.481 e. The van der Waals surface area contributed by atoms with Crippen LogP contribution in [0, 0.1) is 11.2 Å². The van der Waals surface area contributed by atoms with Crippen LogP contribution in [0.4, 0.5) is 10.1 Å². The van der Waals surface area contributed by atoms with Crippen molar-refractivity contribution in [2.75, 3.05) is 26.2 Å². The zero-order valence-electron chi connectivity index (χ0n) is 17.4. The van der Waals surface area contributed by atoms with Crippen molar-refractivity contribution in [3.05, 3.63) is 53.8 Å². The number of carboxylic acid groups (broad SMARTS) is 1. The minimum Gasteiger partial charge on any atom is -0.481 e. The lowest BCUT2D eigenvalue weighted by molar-refractivity contribution is -0.151. The standard InChI is InChI=1S/C23H26FN3O3/c1-15(23(2,3)22(28)29)26-11-13-27(14-12-26)21-20-16(24)7-6-10-19(20)30-18-9-5-4-8-17(18)25-21/h4-10,15H,11-14H2,1-3H3,(H,28,29). The van der Waals surface area contributed by atoms with Crippen LogP contribution in [0.5, 0.6) is 11.5 Å². The van der Waals surface area contributed by atoms with Gasteiger partial charge in [0, 0.05) is 32.2 Å². The Balaban J connectivity index is 1.63. The van der Waals surface area contributed by atoms with Crippen LogP contribution in [0.3, 0.4) is 0 Å².